The van der Waals surface area contributed by atoms with E-state index in [2.05, 4.69) is 18.6 Å². The summed E-state index contributed by atoms with van der Waals surface area (Å²) in [7, 11) is -2.08. The normalized spacial score (nSPS) is 14.8. The van der Waals surface area contributed by atoms with E-state index in [9.17, 15) is 8.42 Å². The summed E-state index contributed by atoms with van der Waals surface area (Å²) in [5.41, 5.74) is 2.94. The van der Waals surface area contributed by atoms with Crippen molar-refractivity contribution in [3.63, 3.8) is 0 Å². The molecule has 0 amide bonds. The van der Waals surface area contributed by atoms with Crippen molar-refractivity contribution in [2.75, 3.05) is 20.3 Å². The summed E-state index contributed by atoms with van der Waals surface area (Å²) in [6, 6.07) is 8.24. The van der Waals surface area contributed by atoms with Crippen LogP contribution in [0.5, 0.6) is 17.2 Å². The molecule has 0 unspecified atom stereocenters. The van der Waals surface area contributed by atoms with Gasteiger partial charge >= 0.3 is 0 Å². The smallest absolute Gasteiger partial charge is 0.241 e. The highest BCUT2D eigenvalue weighted by Crippen LogP contribution is 2.34. The first-order chi connectivity index (χ1) is 13.2. The Hall–Kier alpha value is -2.25. The second kappa shape index (κ2) is 8.01. The molecule has 0 spiro atoms. The second-order valence-electron chi connectivity index (χ2n) is 7.25. The van der Waals surface area contributed by atoms with Crippen molar-refractivity contribution in [2.45, 2.75) is 44.6 Å². The zero-order valence-electron chi connectivity index (χ0n) is 16.9. The van der Waals surface area contributed by atoms with Gasteiger partial charge in [-0.3, -0.25) is 0 Å². The third-order valence-electron chi connectivity index (χ3n) is 4.86. The Balaban J connectivity index is 1.89. The number of hydrogen-bond acceptors (Lipinski definition) is 5. The lowest BCUT2D eigenvalue weighted by atomic mass is 9.94. The summed E-state index contributed by atoms with van der Waals surface area (Å²) >= 11 is 0. The number of benzene rings is 2. The van der Waals surface area contributed by atoms with Crippen LogP contribution in [0.3, 0.4) is 0 Å². The van der Waals surface area contributed by atoms with Gasteiger partial charge in [-0.1, -0.05) is 13.8 Å². The van der Waals surface area contributed by atoms with Crippen molar-refractivity contribution in [1.29, 1.82) is 0 Å². The number of fused-ring (bicyclic) bond motifs is 1. The van der Waals surface area contributed by atoms with E-state index < -0.39 is 16.1 Å². The number of hydrogen-bond donors (Lipinski definition) is 1. The Morgan fingerprint density at radius 2 is 1.68 bits per heavy atom. The maximum absolute atomic E-state index is 12.9. The molecule has 0 bridgehead atoms. The van der Waals surface area contributed by atoms with Crippen molar-refractivity contribution in [3.05, 3.63) is 47.0 Å². The van der Waals surface area contributed by atoms with Crippen molar-refractivity contribution in [1.82, 2.24) is 4.72 Å². The summed E-state index contributed by atoms with van der Waals surface area (Å²) in [4.78, 5) is 0.152. The van der Waals surface area contributed by atoms with Crippen LogP contribution in [0.4, 0.5) is 0 Å². The lowest BCUT2D eigenvalue weighted by Gasteiger charge is -2.22. The lowest BCUT2D eigenvalue weighted by molar-refractivity contribution is 0.171. The van der Waals surface area contributed by atoms with Crippen LogP contribution >= 0.6 is 0 Å². The van der Waals surface area contributed by atoms with E-state index in [4.69, 9.17) is 14.2 Å². The van der Waals surface area contributed by atoms with E-state index in [-0.39, 0.29) is 10.8 Å². The van der Waals surface area contributed by atoms with Gasteiger partial charge in [0.15, 0.2) is 11.5 Å². The summed E-state index contributed by atoms with van der Waals surface area (Å²) in [5.74, 6) is 2.09. The van der Waals surface area contributed by atoms with Gasteiger partial charge in [-0.25, -0.2) is 13.1 Å². The molecule has 0 radical (unpaired) electrons. The number of ether oxygens (including phenoxy) is 3. The van der Waals surface area contributed by atoms with Crippen molar-refractivity contribution in [3.8, 4) is 17.2 Å². The second-order valence-corrected chi connectivity index (χ2v) is 8.97. The maximum Gasteiger partial charge on any atom is 0.241 e. The minimum atomic E-state index is -3.72. The Morgan fingerprint density at radius 1 is 1.00 bits per heavy atom. The number of methoxy groups -OCH3 is 1. The Bertz CT molecular complexity index is 969. The summed E-state index contributed by atoms with van der Waals surface area (Å²) in [5, 5.41) is 0. The van der Waals surface area contributed by atoms with E-state index in [1.165, 1.54) is 12.1 Å². The van der Waals surface area contributed by atoms with Crippen molar-refractivity contribution in [2.24, 2.45) is 0 Å². The van der Waals surface area contributed by atoms with Crippen LogP contribution < -0.4 is 18.9 Å². The summed E-state index contributed by atoms with van der Waals surface area (Å²) < 4.78 is 45.1. The lowest BCUT2D eigenvalue weighted by Crippen LogP contribution is -2.27. The third-order valence-corrected chi connectivity index (χ3v) is 6.40. The average molecular weight is 406 g/mol. The molecule has 2 aromatic rings. The molecule has 7 heteroatoms. The van der Waals surface area contributed by atoms with Crippen molar-refractivity contribution < 1.29 is 22.6 Å². The maximum atomic E-state index is 12.9. The number of rotatable bonds is 6. The molecule has 28 heavy (non-hydrogen) atoms. The first-order valence-corrected chi connectivity index (χ1v) is 10.8. The van der Waals surface area contributed by atoms with Gasteiger partial charge in [-0.2, -0.15) is 0 Å². The molecule has 1 atom stereocenters. The van der Waals surface area contributed by atoms with E-state index >= 15 is 0 Å². The fourth-order valence-electron chi connectivity index (χ4n) is 3.37. The Kier molecular flexibility index (Phi) is 5.86. The van der Waals surface area contributed by atoms with Gasteiger partial charge < -0.3 is 14.2 Å². The highest BCUT2D eigenvalue weighted by molar-refractivity contribution is 7.89. The molecule has 6 nitrogen and oxygen atoms in total. The van der Waals surface area contributed by atoms with Crippen LogP contribution in [0.15, 0.2) is 35.2 Å². The highest BCUT2D eigenvalue weighted by atomic mass is 32.2. The van der Waals surface area contributed by atoms with Gasteiger partial charge in [0.05, 0.1) is 12.0 Å². The molecule has 0 saturated carbocycles. The van der Waals surface area contributed by atoms with Gasteiger partial charge in [0.25, 0.3) is 0 Å². The molecule has 0 saturated heterocycles. The molecule has 0 fully saturated rings. The molecule has 152 valence electrons. The number of aryl methyl sites for hydroxylation is 1. The van der Waals surface area contributed by atoms with Crippen LogP contribution in [0, 0.1) is 6.92 Å². The topological polar surface area (TPSA) is 73.9 Å². The molecular formula is C21H27NO5S. The van der Waals surface area contributed by atoms with Crippen LogP contribution in [0.25, 0.3) is 0 Å². The zero-order valence-corrected chi connectivity index (χ0v) is 17.7. The van der Waals surface area contributed by atoms with Crippen LogP contribution in [0.2, 0.25) is 0 Å². The van der Waals surface area contributed by atoms with E-state index in [1.54, 1.807) is 13.2 Å². The molecule has 0 aliphatic carbocycles. The van der Waals surface area contributed by atoms with Crippen LogP contribution in [-0.4, -0.2) is 28.7 Å². The Labute approximate surface area is 166 Å². The standard InChI is InChI=1S/C21H27NO5S/c1-13(2)17-12-18(14(3)10-20(17)25-5)15(4)22-28(23,24)16-6-7-19-21(11-16)27-9-8-26-19/h6-7,10-13,15,22H,8-9H2,1-5H3/t15-/m1/s1. The molecule has 1 aliphatic rings. The largest absolute Gasteiger partial charge is 0.496 e. The summed E-state index contributed by atoms with van der Waals surface area (Å²) in [6.45, 7) is 8.83. The average Bonchev–Trinajstić information content (AvgIpc) is 2.66. The fraction of sp³-hybridized carbons (Fsp3) is 0.429. The van der Waals surface area contributed by atoms with Crippen LogP contribution in [-0.2, 0) is 10.0 Å². The van der Waals surface area contributed by atoms with E-state index in [0.29, 0.717) is 24.7 Å². The van der Waals surface area contributed by atoms with Gasteiger partial charge in [0.2, 0.25) is 10.0 Å². The van der Waals surface area contributed by atoms with Crippen LogP contribution in [0.1, 0.15) is 49.4 Å². The molecule has 2 aromatic carbocycles. The van der Waals surface area contributed by atoms with E-state index in [1.807, 2.05) is 26.0 Å². The molecule has 1 heterocycles. The minimum absolute atomic E-state index is 0.152. The fourth-order valence-corrected chi connectivity index (χ4v) is 4.60. The minimum Gasteiger partial charge on any atom is -0.496 e. The van der Waals surface area contributed by atoms with E-state index in [0.717, 1.165) is 22.4 Å². The highest BCUT2D eigenvalue weighted by Gasteiger charge is 2.23. The molecule has 1 N–H and O–H groups in total. The number of nitrogens with one attached hydrogen (secondary N) is 1. The summed E-state index contributed by atoms with van der Waals surface area (Å²) in [6.07, 6.45) is 0. The van der Waals surface area contributed by atoms with Gasteiger partial charge in [-0.05, 0) is 60.7 Å². The van der Waals surface area contributed by atoms with Gasteiger partial charge in [0, 0.05) is 12.1 Å². The van der Waals surface area contributed by atoms with Crippen molar-refractivity contribution >= 4 is 10.0 Å². The SMILES string of the molecule is COc1cc(C)c([C@@H](C)NS(=O)(=O)c2ccc3c(c2)OCCO3)cc1C(C)C. The van der Waals surface area contributed by atoms with Gasteiger partial charge in [-0.15, -0.1) is 0 Å². The quantitative estimate of drug-likeness (QED) is 0.788. The first kappa shape index (κ1) is 20.5. The number of sulfonamides is 1. The predicted molar refractivity (Wildman–Crippen MR) is 108 cm³/mol. The predicted octanol–water partition coefficient (Wildman–Crippen LogP) is 3.94. The molecular weight excluding hydrogens is 378 g/mol. The third kappa shape index (κ3) is 4.10. The molecule has 1 aliphatic heterocycles. The first-order valence-electron chi connectivity index (χ1n) is 9.33. The Morgan fingerprint density at radius 3 is 2.32 bits per heavy atom. The molecule has 3 rings (SSSR count). The van der Waals surface area contributed by atoms with Gasteiger partial charge in [0.1, 0.15) is 19.0 Å². The zero-order chi connectivity index (χ0) is 20.5. The monoisotopic (exact) mass is 405 g/mol. The molecule has 0 aromatic heterocycles.